The normalized spacial score (nSPS) is 17.7. The second-order valence-corrected chi connectivity index (χ2v) is 7.32. The van der Waals surface area contributed by atoms with Crippen molar-refractivity contribution in [3.8, 4) is 5.75 Å². The fourth-order valence-electron chi connectivity index (χ4n) is 2.38. The molecule has 1 aliphatic rings. The van der Waals surface area contributed by atoms with E-state index in [-0.39, 0.29) is 18.6 Å². The summed E-state index contributed by atoms with van der Waals surface area (Å²) in [5, 5.41) is 2.72. The van der Waals surface area contributed by atoms with Crippen LogP contribution in [0, 0.1) is 0 Å². The van der Waals surface area contributed by atoms with E-state index >= 15 is 0 Å². The molecule has 0 spiro atoms. The Morgan fingerprint density at radius 3 is 2.87 bits per heavy atom. The van der Waals surface area contributed by atoms with Gasteiger partial charge in [-0.1, -0.05) is 6.07 Å². The molecule has 1 fully saturated rings. The minimum atomic E-state index is -3.59. The van der Waals surface area contributed by atoms with Gasteiger partial charge in [0.15, 0.2) is 0 Å². The number of anilines is 1. The molecule has 0 aromatic heterocycles. The number of nitrogens with zero attached hydrogens (tertiary/aromatic N) is 1. The molecule has 128 valence electrons. The summed E-state index contributed by atoms with van der Waals surface area (Å²) in [6.45, 7) is 0.826. The van der Waals surface area contributed by atoms with Crippen LogP contribution in [0.1, 0.15) is 12.8 Å². The molecule has 1 saturated heterocycles. The van der Waals surface area contributed by atoms with E-state index in [2.05, 4.69) is 5.32 Å². The quantitative estimate of drug-likeness (QED) is 0.791. The second kappa shape index (κ2) is 7.65. The van der Waals surface area contributed by atoms with E-state index in [4.69, 9.17) is 9.47 Å². The molecule has 0 radical (unpaired) electrons. The molecular formula is C15H22N2O5S. The summed E-state index contributed by atoms with van der Waals surface area (Å²) < 4.78 is 35.6. The molecule has 0 unspecified atom stereocenters. The number of amides is 1. The van der Waals surface area contributed by atoms with Gasteiger partial charge >= 0.3 is 0 Å². The van der Waals surface area contributed by atoms with Crippen LogP contribution in [0.3, 0.4) is 0 Å². The third-order valence-electron chi connectivity index (χ3n) is 3.58. The predicted molar refractivity (Wildman–Crippen MR) is 87.2 cm³/mol. The van der Waals surface area contributed by atoms with Crippen LogP contribution in [0.5, 0.6) is 5.75 Å². The Morgan fingerprint density at radius 1 is 1.48 bits per heavy atom. The maximum Gasteiger partial charge on any atom is 0.240 e. The molecule has 1 amide bonds. The molecule has 0 bridgehead atoms. The zero-order valence-electron chi connectivity index (χ0n) is 13.3. The first-order valence-electron chi connectivity index (χ1n) is 7.40. The van der Waals surface area contributed by atoms with E-state index in [1.54, 1.807) is 24.3 Å². The third-order valence-corrected chi connectivity index (χ3v) is 4.72. The summed E-state index contributed by atoms with van der Waals surface area (Å²) in [6, 6.07) is 6.59. The Labute approximate surface area is 136 Å². The van der Waals surface area contributed by atoms with E-state index < -0.39 is 10.0 Å². The van der Waals surface area contributed by atoms with Crippen molar-refractivity contribution >= 4 is 21.6 Å². The van der Waals surface area contributed by atoms with Crippen LogP contribution in [-0.2, 0) is 19.6 Å². The molecule has 1 aliphatic heterocycles. The number of methoxy groups -OCH3 is 1. The Kier molecular flexibility index (Phi) is 5.84. The fraction of sp³-hybridized carbons (Fsp3) is 0.533. The maximum atomic E-state index is 12.1. The third kappa shape index (κ3) is 5.11. The molecule has 0 saturated carbocycles. The SMILES string of the molecule is COc1cccc(N(CC(=O)NC[C@@H]2CCCO2)S(C)(=O)=O)c1. The summed E-state index contributed by atoms with van der Waals surface area (Å²) in [4.78, 5) is 12.1. The number of ether oxygens (including phenoxy) is 2. The summed E-state index contributed by atoms with van der Waals surface area (Å²) >= 11 is 0. The molecule has 2 rings (SSSR count). The smallest absolute Gasteiger partial charge is 0.240 e. The van der Waals surface area contributed by atoms with Gasteiger partial charge in [0, 0.05) is 19.2 Å². The van der Waals surface area contributed by atoms with Crippen molar-refractivity contribution in [1.82, 2.24) is 5.32 Å². The van der Waals surface area contributed by atoms with Gasteiger partial charge in [-0.15, -0.1) is 0 Å². The molecular weight excluding hydrogens is 320 g/mol. The lowest BCUT2D eigenvalue weighted by molar-refractivity contribution is -0.120. The van der Waals surface area contributed by atoms with Gasteiger partial charge in [-0.25, -0.2) is 8.42 Å². The second-order valence-electron chi connectivity index (χ2n) is 5.41. The van der Waals surface area contributed by atoms with Gasteiger partial charge in [0.2, 0.25) is 15.9 Å². The van der Waals surface area contributed by atoms with Crippen LogP contribution in [-0.4, -0.2) is 53.5 Å². The molecule has 23 heavy (non-hydrogen) atoms. The van der Waals surface area contributed by atoms with Crippen LogP contribution in [0.2, 0.25) is 0 Å². The number of nitrogens with one attached hydrogen (secondary N) is 1. The number of rotatable bonds is 7. The molecule has 1 atom stereocenters. The number of hydrogen-bond donors (Lipinski definition) is 1. The average Bonchev–Trinajstić information content (AvgIpc) is 3.03. The number of carbonyl (C=O) groups excluding carboxylic acids is 1. The van der Waals surface area contributed by atoms with Crippen LogP contribution < -0.4 is 14.4 Å². The largest absolute Gasteiger partial charge is 0.497 e. The minimum absolute atomic E-state index is 0.0162. The van der Waals surface area contributed by atoms with Crippen LogP contribution in [0.15, 0.2) is 24.3 Å². The van der Waals surface area contributed by atoms with Crippen molar-refractivity contribution in [3.05, 3.63) is 24.3 Å². The number of benzene rings is 1. The van der Waals surface area contributed by atoms with Crippen molar-refractivity contribution in [2.24, 2.45) is 0 Å². The van der Waals surface area contributed by atoms with Crippen molar-refractivity contribution in [1.29, 1.82) is 0 Å². The van der Waals surface area contributed by atoms with Crippen molar-refractivity contribution in [2.75, 3.05) is 37.4 Å². The van der Waals surface area contributed by atoms with Gasteiger partial charge in [-0.3, -0.25) is 9.10 Å². The first kappa shape index (κ1) is 17.6. The van der Waals surface area contributed by atoms with Crippen molar-refractivity contribution in [2.45, 2.75) is 18.9 Å². The minimum Gasteiger partial charge on any atom is -0.497 e. The zero-order chi connectivity index (χ0) is 16.9. The first-order valence-corrected chi connectivity index (χ1v) is 9.25. The highest BCUT2D eigenvalue weighted by Gasteiger charge is 2.22. The molecule has 7 nitrogen and oxygen atoms in total. The number of sulfonamides is 1. The summed E-state index contributed by atoms with van der Waals surface area (Å²) in [5.41, 5.74) is 0.388. The Hall–Kier alpha value is -1.80. The lowest BCUT2D eigenvalue weighted by Crippen LogP contribution is -2.42. The predicted octanol–water partition coefficient (Wildman–Crippen LogP) is 0.756. The van der Waals surface area contributed by atoms with E-state index in [0.29, 0.717) is 24.6 Å². The highest BCUT2D eigenvalue weighted by Crippen LogP contribution is 2.22. The van der Waals surface area contributed by atoms with Crippen molar-refractivity contribution in [3.63, 3.8) is 0 Å². The summed E-state index contributed by atoms with van der Waals surface area (Å²) in [5.74, 6) is 0.157. The Balaban J connectivity index is 2.04. The van der Waals surface area contributed by atoms with E-state index in [1.165, 1.54) is 7.11 Å². The van der Waals surface area contributed by atoms with Crippen LogP contribution in [0.25, 0.3) is 0 Å². The lowest BCUT2D eigenvalue weighted by atomic mass is 10.2. The van der Waals surface area contributed by atoms with Gasteiger partial charge in [0.25, 0.3) is 0 Å². The zero-order valence-corrected chi connectivity index (χ0v) is 14.1. The maximum absolute atomic E-state index is 12.1. The monoisotopic (exact) mass is 342 g/mol. The van der Waals surface area contributed by atoms with E-state index in [0.717, 1.165) is 23.4 Å². The van der Waals surface area contributed by atoms with Gasteiger partial charge < -0.3 is 14.8 Å². The van der Waals surface area contributed by atoms with E-state index in [1.807, 2.05) is 0 Å². The van der Waals surface area contributed by atoms with Gasteiger partial charge in [0.1, 0.15) is 12.3 Å². The van der Waals surface area contributed by atoms with Gasteiger partial charge in [0.05, 0.1) is 25.2 Å². The number of carbonyl (C=O) groups is 1. The Bertz CT molecular complexity index is 641. The molecule has 1 aromatic carbocycles. The number of hydrogen-bond acceptors (Lipinski definition) is 5. The van der Waals surface area contributed by atoms with Crippen LogP contribution in [0.4, 0.5) is 5.69 Å². The Morgan fingerprint density at radius 2 is 2.26 bits per heavy atom. The molecule has 0 aliphatic carbocycles. The molecule has 1 aromatic rings. The fourth-order valence-corrected chi connectivity index (χ4v) is 3.23. The first-order chi connectivity index (χ1) is 10.9. The van der Waals surface area contributed by atoms with Gasteiger partial charge in [-0.2, -0.15) is 0 Å². The summed E-state index contributed by atoms with van der Waals surface area (Å²) in [7, 11) is -2.09. The van der Waals surface area contributed by atoms with Crippen molar-refractivity contribution < 1.29 is 22.7 Å². The van der Waals surface area contributed by atoms with E-state index in [9.17, 15) is 13.2 Å². The lowest BCUT2D eigenvalue weighted by Gasteiger charge is -2.22. The topological polar surface area (TPSA) is 84.9 Å². The van der Waals surface area contributed by atoms with Gasteiger partial charge in [-0.05, 0) is 25.0 Å². The molecule has 1 N–H and O–H groups in total. The highest BCUT2D eigenvalue weighted by atomic mass is 32.2. The summed E-state index contributed by atoms with van der Waals surface area (Å²) in [6.07, 6.45) is 2.98. The standard InChI is InChI=1S/C15H22N2O5S/c1-21-13-6-3-5-12(9-13)17(23(2,19)20)11-15(18)16-10-14-7-4-8-22-14/h3,5-6,9,14H,4,7-8,10-11H2,1-2H3,(H,16,18)/t14-/m0/s1. The molecule has 8 heteroatoms. The average molecular weight is 342 g/mol. The molecule has 1 heterocycles. The highest BCUT2D eigenvalue weighted by molar-refractivity contribution is 7.92. The van der Waals surface area contributed by atoms with Crippen LogP contribution >= 0.6 is 0 Å².